The zero-order valence-corrected chi connectivity index (χ0v) is 34.0. The number of carbonyl (C=O) groups is 2. The minimum absolute atomic E-state index is 0.0145. The molecule has 312 valence electrons. The number of aryl methyl sites for hydroxylation is 2. The van der Waals surface area contributed by atoms with Crippen molar-refractivity contribution in [3.05, 3.63) is 104 Å². The Morgan fingerprint density at radius 1 is 0.644 bits per heavy atom. The Kier molecular flexibility index (Phi) is 13.6. The number of alkyl halides is 6. The van der Waals surface area contributed by atoms with Gasteiger partial charge in [-0.1, -0.05) is 63.3 Å². The molecule has 19 heteroatoms. The fourth-order valence-electron chi connectivity index (χ4n) is 6.93. The molecule has 1 unspecified atom stereocenters. The van der Waals surface area contributed by atoms with Crippen LogP contribution in [-0.2, 0) is 54.3 Å². The van der Waals surface area contributed by atoms with E-state index in [1.807, 2.05) is 10.9 Å². The Labute approximate surface area is 349 Å². The summed E-state index contributed by atoms with van der Waals surface area (Å²) in [7, 11) is 0. The third-order valence-corrected chi connectivity index (χ3v) is 10.4. The van der Waals surface area contributed by atoms with Crippen LogP contribution in [0.15, 0.2) is 48.8 Å². The van der Waals surface area contributed by atoms with Gasteiger partial charge in [0.2, 0.25) is 10.6 Å². The van der Waals surface area contributed by atoms with Crippen LogP contribution in [0, 0.1) is 0 Å². The van der Waals surface area contributed by atoms with Gasteiger partial charge in [0, 0.05) is 44.7 Å². The molecule has 0 saturated carbocycles. The number of fused-ring (bicyclic) bond motifs is 4. The lowest BCUT2D eigenvalue weighted by Gasteiger charge is -2.13. The molecule has 0 bridgehead atoms. The van der Waals surface area contributed by atoms with Gasteiger partial charge in [-0.05, 0) is 82.6 Å². The molecule has 0 radical (unpaired) electrons. The van der Waals surface area contributed by atoms with Crippen molar-refractivity contribution >= 4 is 68.4 Å². The van der Waals surface area contributed by atoms with Crippen molar-refractivity contribution in [3.8, 4) is 0 Å². The van der Waals surface area contributed by atoms with Crippen LogP contribution in [0.1, 0.15) is 97.4 Å². The van der Waals surface area contributed by atoms with Crippen molar-refractivity contribution in [2.45, 2.75) is 103 Å². The van der Waals surface area contributed by atoms with E-state index in [9.17, 15) is 35.9 Å². The summed E-state index contributed by atoms with van der Waals surface area (Å²) in [6.45, 7) is 5.82. The normalized spacial score (nSPS) is 14.9. The highest BCUT2D eigenvalue weighted by molar-refractivity contribution is 6.35. The quantitative estimate of drug-likeness (QED) is 0.0609. The Hall–Kier alpha value is -4.67. The van der Waals surface area contributed by atoms with Gasteiger partial charge in [0.1, 0.15) is 10.9 Å². The van der Waals surface area contributed by atoms with Crippen molar-refractivity contribution in [1.82, 2.24) is 39.5 Å². The molecule has 2 aliphatic carbocycles. The van der Waals surface area contributed by atoms with Gasteiger partial charge in [-0.25, -0.2) is 9.97 Å². The number of aromatic nitrogens is 8. The van der Waals surface area contributed by atoms with Crippen LogP contribution < -0.4 is 0 Å². The van der Waals surface area contributed by atoms with Gasteiger partial charge in [-0.2, -0.15) is 46.5 Å². The Morgan fingerprint density at radius 2 is 1.17 bits per heavy atom. The standard InChI is InChI=1S/C20H18ClF3N4O.C10H12Cl2N4.C10H7F3O/c1-2-3-4-7-28-10-14-17(25-19(21)26-18(14)27-28)16-13-9-12(20(22,23)24)6-5-11(13)8-15(16)29;1-2-3-4-5-16-6-7-8(11)13-10(12)14-9(7)15-16;11-10(12,13)8-2-1-6-4-9(14)5-7(6)3-8/h5-6,9-10,16H,2-4,7-8H2,1H3;6H,2-5H2,1H3;1-3H,4-5H2. The second-order valence-electron chi connectivity index (χ2n) is 14.2. The predicted molar refractivity (Wildman–Crippen MR) is 211 cm³/mol. The Bertz CT molecular complexity index is 2500. The summed E-state index contributed by atoms with van der Waals surface area (Å²) in [6.07, 6.45) is 1.79. The molecule has 0 saturated heterocycles. The fraction of sp³-hybridized carbons (Fsp3) is 0.400. The van der Waals surface area contributed by atoms with E-state index in [1.165, 1.54) is 25.0 Å². The lowest BCUT2D eigenvalue weighted by atomic mass is 9.94. The molecule has 4 heterocycles. The molecule has 2 aromatic carbocycles. The van der Waals surface area contributed by atoms with Crippen LogP contribution in [-0.4, -0.2) is 51.1 Å². The minimum atomic E-state index is -4.49. The first kappa shape index (κ1) is 43.9. The van der Waals surface area contributed by atoms with Gasteiger partial charge in [-0.3, -0.25) is 19.0 Å². The summed E-state index contributed by atoms with van der Waals surface area (Å²) in [5.74, 6) is -1.14. The van der Waals surface area contributed by atoms with Gasteiger partial charge >= 0.3 is 12.4 Å². The average molecular weight is 882 g/mol. The molecule has 0 spiro atoms. The first-order valence-corrected chi connectivity index (χ1v) is 20.0. The third-order valence-electron chi connectivity index (χ3n) is 9.82. The van der Waals surface area contributed by atoms with Crippen LogP contribution in [0.4, 0.5) is 26.3 Å². The van der Waals surface area contributed by atoms with E-state index in [2.05, 4.69) is 44.0 Å². The third kappa shape index (κ3) is 10.6. The van der Waals surface area contributed by atoms with Gasteiger partial charge in [0.05, 0.1) is 33.5 Å². The smallest absolute Gasteiger partial charge is 0.299 e. The highest BCUT2D eigenvalue weighted by Gasteiger charge is 2.39. The number of nitrogens with zero attached hydrogens (tertiary/aromatic N) is 8. The minimum Gasteiger partial charge on any atom is -0.299 e. The largest absolute Gasteiger partial charge is 0.416 e. The summed E-state index contributed by atoms with van der Waals surface area (Å²) >= 11 is 17.7. The van der Waals surface area contributed by atoms with E-state index < -0.39 is 29.4 Å². The molecule has 0 fully saturated rings. The van der Waals surface area contributed by atoms with Crippen LogP contribution in [0.3, 0.4) is 0 Å². The molecule has 2 aliphatic rings. The molecule has 0 aliphatic heterocycles. The lowest BCUT2D eigenvalue weighted by Crippen LogP contribution is -2.12. The molecule has 10 nitrogen and oxygen atoms in total. The molecule has 1 atom stereocenters. The number of unbranched alkanes of at least 4 members (excludes halogenated alkanes) is 4. The molecule has 6 aromatic rings. The highest BCUT2D eigenvalue weighted by atomic mass is 35.5. The maximum Gasteiger partial charge on any atom is 0.416 e. The number of Topliss-reactive ketones (excluding diaryl/α,β-unsaturated/α-hetero) is 2. The molecule has 59 heavy (non-hydrogen) atoms. The fourth-order valence-corrected chi connectivity index (χ4v) is 7.52. The van der Waals surface area contributed by atoms with Crippen molar-refractivity contribution in [1.29, 1.82) is 0 Å². The van der Waals surface area contributed by atoms with Crippen LogP contribution >= 0.6 is 34.8 Å². The average Bonchev–Trinajstić information content (AvgIpc) is 3.93. The molecule has 0 amide bonds. The summed E-state index contributed by atoms with van der Waals surface area (Å²) in [5, 5.41) is 10.4. The van der Waals surface area contributed by atoms with Gasteiger partial charge in [-0.15, -0.1) is 0 Å². The molecule has 0 N–H and O–H groups in total. The van der Waals surface area contributed by atoms with Gasteiger partial charge < -0.3 is 0 Å². The first-order chi connectivity index (χ1) is 27.9. The van der Waals surface area contributed by atoms with Crippen LogP contribution in [0.2, 0.25) is 15.7 Å². The number of hydrogen-bond donors (Lipinski definition) is 0. The zero-order valence-electron chi connectivity index (χ0n) is 31.8. The van der Waals surface area contributed by atoms with E-state index >= 15 is 0 Å². The summed E-state index contributed by atoms with van der Waals surface area (Å²) < 4.78 is 80.0. The monoisotopic (exact) mass is 880 g/mol. The van der Waals surface area contributed by atoms with E-state index in [1.54, 1.807) is 10.9 Å². The molecular weight excluding hydrogens is 845 g/mol. The summed E-state index contributed by atoms with van der Waals surface area (Å²) in [6, 6.07) is 6.90. The summed E-state index contributed by atoms with van der Waals surface area (Å²) in [4.78, 5) is 40.0. The molecular formula is C40H37Cl3F6N8O2. The van der Waals surface area contributed by atoms with Crippen molar-refractivity contribution in [3.63, 3.8) is 0 Å². The zero-order chi connectivity index (χ0) is 42.6. The summed E-state index contributed by atoms with van der Waals surface area (Å²) in [5.41, 5.74) is 1.88. The van der Waals surface area contributed by atoms with E-state index in [0.29, 0.717) is 50.8 Å². The lowest BCUT2D eigenvalue weighted by molar-refractivity contribution is -0.138. The van der Waals surface area contributed by atoms with Crippen molar-refractivity contribution in [2.75, 3.05) is 0 Å². The van der Waals surface area contributed by atoms with Crippen molar-refractivity contribution < 1.29 is 35.9 Å². The first-order valence-electron chi connectivity index (χ1n) is 18.8. The van der Waals surface area contributed by atoms with E-state index in [0.717, 1.165) is 67.4 Å². The SMILES string of the molecule is CCCCCn1cc2c(C3C(=O)Cc4ccc(C(F)(F)F)cc43)nc(Cl)nc2n1.CCCCCn1cc2c(Cl)nc(Cl)nc2n1.O=C1Cc2ccc(C(F)(F)F)cc2C1. The number of ketones is 2. The van der Waals surface area contributed by atoms with Gasteiger partial charge in [0.15, 0.2) is 17.1 Å². The maximum absolute atomic E-state index is 13.2. The van der Waals surface area contributed by atoms with Crippen molar-refractivity contribution in [2.24, 2.45) is 0 Å². The second-order valence-corrected chi connectivity index (χ2v) is 15.2. The number of rotatable bonds is 9. The van der Waals surface area contributed by atoms with E-state index in [-0.39, 0.29) is 41.4 Å². The Morgan fingerprint density at radius 3 is 1.76 bits per heavy atom. The van der Waals surface area contributed by atoms with Crippen LogP contribution in [0.5, 0.6) is 0 Å². The molecule has 8 rings (SSSR count). The van der Waals surface area contributed by atoms with E-state index in [4.69, 9.17) is 34.8 Å². The maximum atomic E-state index is 13.2. The number of benzene rings is 2. The predicted octanol–water partition coefficient (Wildman–Crippen LogP) is 10.6. The Balaban J connectivity index is 0.000000164. The highest BCUT2D eigenvalue weighted by Crippen LogP contribution is 2.41. The topological polar surface area (TPSA) is 121 Å². The molecule has 4 aromatic heterocycles. The van der Waals surface area contributed by atoms with Crippen LogP contribution in [0.25, 0.3) is 22.1 Å². The second kappa shape index (κ2) is 18.3. The number of carbonyl (C=O) groups excluding carboxylic acids is 2. The number of hydrogen-bond acceptors (Lipinski definition) is 8. The van der Waals surface area contributed by atoms with Gasteiger partial charge in [0.25, 0.3) is 0 Å². The number of halogens is 9.